The van der Waals surface area contributed by atoms with Gasteiger partial charge in [-0.25, -0.2) is 4.98 Å². The molecule has 4 heterocycles. The first-order chi connectivity index (χ1) is 15.6. The van der Waals surface area contributed by atoms with Gasteiger partial charge in [-0.1, -0.05) is 23.8 Å². The molecular weight excluding hydrogens is 402 g/mol. The van der Waals surface area contributed by atoms with Gasteiger partial charge in [-0.15, -0.1) is 0 Å². The minimum Gasteiger partial charge on any atom is -0.338 e. The third kappa shape index (κ3) is 4.21. The van der Waals surface area contributed by atoms with E-state index in [0.717, 1.165) is 41.9 Å². The van der Waals surface area contributed by atoms with Crippen molar-refractivity contribution in [3.05, 3.63) is 92.9 Å². The number of pyridine rings is 1. The molecule has 1 atom stereocenters. The second-order valence-electron chi connectivity index (χ2n) is 8.80. The summed E-state index contributed by atoms with van der Waals surface area (Å²) >= 11 is 0. The standard InChI is InChI=1S/C25H27N5O2/c1-17-4-6-19(7-5-17)25(32)30-12-8-20(15-30)23-27-22-16-29(11-9-21(22)24(31)28-23)14-18-3-2-10-26-13-18/h2-7,10,13,20H,8-9,11-12,14-16H2,1H3,(H,27,28,31)/t20-/m0/s1. The van der Waals surface area contributed by atoms with Crippen molar-refractivity contribution in [2.75, 3.05) is 19.6 Å². The van der Waals surface area contributed by atoms with Crippen molar-refractivity contribution in [1.82, 2.24) is 24.8 Å². The zero-order valence-electron chi connectivity index (χ0n) is 18.3. The lowest BCUT2D eigenvalue weighted by Gasteiger charge is -2.28. The Labute approximate surface area is 187 Å². The van der Waals surface area contributed by atoms with Crippen LogP contribution in [0.4, 0.5) is 0 Å². The maximum Gasteiger partial charge on any atom is 0.254 e. The number of H-pyrrole nitrogens is 1. The van der Waals surface area contributed by atoms with E-state index in [1.165, 1.54) is 0 Å². The zero-order valence-corrected chi connectivity index (χ0v) is 18.3. The molecule has 0 radical (unpaired) electrons. The first-order valence-corrected chi connectivity index (χ1v) is 11.2. The molecule has 1 saturated heterocycles. The summed E-state index contributed by atoms with van der Waals surface area (Å²) in [6.45, 7) is 5.53. The monoisotopic (exact) mass is 429 g/mol. The van der Waals surface area contributed by atoms with Crippen LogP contribution in [0.25, 0.3) is 0 Å². The number of benzene rings is 1. The van der Waals surface area contributed by atoms with E-state index in [1.54, 1.807) is 6.20 Å². The Balaban J connectivity index is 1.31. The van der Waals surface area contributed by atoms with E-state index in [4.69, 9.17) is 4.98 Å². The number of nitrogens with one attached hydrogen (secondary N) is 1. The predicted octanol–water partition coefficient (Wildman–Crippen LogP) is 2.66. The van der Waals surface area contributed by atoms with Crippen molar-refractivity contribution < 1.29 is 4.79 Å². The Morgan fingerprint density at radius 2 is 2.03 bits per heavy atom. The van der Waals surface area contributed by atoms with Crippen LogP contribution in [0, 0.1) is 6.92 Å². The fraction of sp³-hybridized carbons (Fsp3) is 0.360. The van der Waals surface area contributed by atoms with E-state index in [-0.39, 0.29) is 17.4 Å². The van der Waals surface area contributed by atoms with Crippen molar-refractivity contribution in [2.24, 2.45) is 0 Å². The molecule has 7 heteroatoms. The summed E-state index contributed by atoms with van der Waals surface area (Å²) in [5, 5.41) is 0. The number of aromatic nitrogens is 3. The van der Waals surface area contributed by atoms with Gasteiger partial charge in [0.15, 0.2) is 0 Å². The molecule has 1 amide bonds. The lowest BCUT2D eigenvalue weighted by atomic mass is 10.0. The van der Waals surface area contributed by atoms with Gasteiger partial charge in [0.1, 0.15) is 5.82 Å². The molecule has 3 aromatic rings. The van der Waals surface area contributed by atoms with Crippen LogP contribution in [-0.2, 0) is 19.5 Å². The van der Waals surface area contributed by atoms with Crippen LogP contribution in [0.5, 0.6) is 0 Å². The fourth-order valence-electron chi connectivity index (χ4n) is 4.64. The second-order valence-corrected chi connectivity index (χ2v) is 8.80. The second kappa shape index (κ2) is 8.67. The highest BCUT2D eigenvalue weighted by molar-refractivity contribution is 5.94. The van der Waals surface area contributed by atoms with Crippen molar-refractivity contribution >= 4 is 5.91 Å². The van der Waals surface area contributed by atoms with Gasteiger partial charge in [-0.3, -0.25) is 19.5 Å². The number of likely N-dealkylation sites (tertiary alicyclic amines) is 1. The van der Waals surface area contributed by atoms with Gasteiger partial charge in [-0.2, -0.15) is 0 Å². The molecule has 1 fully saturated rings. The number of carbonyl (C=O) groups is 1. The van der Waals surface area contributed by atoms with Crippen LogP contribution in [0.2, 0.25) is 0 Å². The summed E-state index contributed by atoms with van der Waals surface area (Å²) in [6.07, 6.45) is 5.15. The molecule has 5 rings (SSSR count). The van der Waals surface area contributed by atoms with Gasteiger partial charge < -0.3 is 9.88 Å². The van der Waals surface area contributed by atoms with E-state index < -0.39 is 0 Å². The molecule has 0 bridgehead atoms. The molecule has 32 heavy (non-hydrogen) atoms. The first-order valence-electron chi connectivity index (χ1n) is 11.2. The van der Waals surface area contributed by atoms with E-state index >= 15 is 0 Å². The highest BCUT2D eigenvalue weighted by Crippen LogP contribution is 2.27. The Morgan fingerprint density at radius 1 is 1.19 bits per heavy atom. The fourth-order valence-corrected chi connectivity index (χ4v) is 4.64. The van der Waals surface area contributed by atoms with Crippen LogP contribution in [-0.4, -0.2) is 50.3 Å². The van der Waals surface area contributed by atoms with Crippen molar-refractivity contribution in [3.63, 3.8) is 0 Å². The molecule has 2 aliphatic heterocycles. The highest BCUT2D eigenvalue weighted by Gasteiger charge is 2.31. The molecule has 2 aromatic heterocycles. The largest absolute Gasteiger partial charge is 0.338 e. The van der Waals surface area contributed by atoms with Gasteiger partial charge in [0, 0.05) is 62.2 Å². The normalized spacial score (nSPS) is 18.5. The molecule has 7 nitrogen and oxygen atoms in total. The Morgan fingerprint density at radius 3 is 2.81 bits per heavy atom. The number of carbonyl (C=O) groups excluding carboxylic acids is 1. The van der Waals surface area contributed by atoms with Crippen molar-refractivity contribution in [3.8, 4) is 0 Å². The maximum atomic E-state index is 12.9. The summed E-state index contributed by atoms with van der Waals surface area (Å²) in [6, 6.07) is 11.7. The smallest absolute Gasteiger partial charge is 0.254 e. The molecule has 0 saturated carbocycles. The number of rotatable bonds is 4. The molecule has 2 aliphatic rings. The van der Waals surface area contributed by atoms with Crippen molar-refractivity contribution in [1.29, 1.82) is 0 Å². The molecule has 1 aromatic carbocycles. The predicted molar refractivity (Wildman–Crippen MR) is 121 cm³/mol. The number of amides is 1. The third-order valence-corrected chi connectivity index (χ3v) is 6.46. The summed E-state index contributed by atoms with van der Waals surface area (Å²) in [7, 11) is 0. The minimum atomic E-state index is -0.0330. The third-order valence-electron chi connectivity index (χ3n) is 6.46. The van der Waals surface area contributed by atoms with Crippen LogP contribution in [0.3, 0.4) is 0 Å². The Bertz CT molecular complexity index is 1170. The number of aromatic amines is 1. The SMILES string of the molecule is Cc1ccc(C(=O)N2CC[C@H](c3nc4c(c(=O)[nH]3)CCN(Cc3cccnc3)C4)C2)cc1. The van der Waals surface area contributed by atoms with E-state index in [0.29, 0.717) is 37.4 Å². The quantitative estimate of drug-likeness (QED) is 0.690. The zero-order chi connectivity index (χ0) is 22.1. The van der Waals surface area contributed by atoms with Crippen molar-refractivity contribution in [2.45, 2.75) is 38.8 Å². The molecule has 0 spiro atoms. The van der Waals surface area contributed by atoms with Gasteiger partial charge in [0.2, 0.25) is 0 Å². The lowest BCUT2D eigenvalue weighted by Crippen LogP contribution is -2.36. The van der Waals surface area contributed by atoms with E-state index in [2.05, 4.69) is 20.9 Å². The van der Waals surface area contributed by atoms with Crippen LogP contribution in [0.1, 0.15) is 50.9 Å². The summed E-state index contributed by atoms with van der Waals surface area (Å²) in [5.74, 6) is 0.794. The number of hydrogen-bond donors (Lipinski definition) is 1. The number of aryl methyl sites for hydroxylation is 1. The molecular formula is C25H27N5O2. The average Bonchev–Trinajstić information content (AvgIpc) is 3.30. The van der Waals surface area contributed by atoms with Crippen LogP contribution in [0.15, 0.2) is 53.6 Å². The first kappa shape index (κ1) is 20.6. The average molecular weight is 430 g/mol. The topological polar surface area (TPSA) is 82.2 Å². The molecule has 164 valence electrons. The Hall–Kier alpha value is -3.32. The van der Waals surface area contributed by atoms with E-state index in [1.807, 2.05) is 48.4 Å². The highest BCUT2D eigenvalue weighted by atomic mass is 16.2. The minimum absolute atomic E-state index is 0.0330. The van der Waals surface area contributed by atoms with Gasteiger partial charge in [0.25, 0.3) is 11.5 Å². The number of nitrogens with zero attached hydrogens (tertiary/aromatic N) is 4. The van der Waals surface area contributed by atoms with Crippen LogP contribution >= 0.6 is 0 Å². The van der Waals surface area contributed by atoms with Gasteiger partial charge in [0.05, 0.1) is 5.69 Å². The summed E-state index contributed by atoms with van der Waals surface area (Å²) < 4.78 is 0. The summed E-state index contributed by atoms with van der Waals surface area (Å²) in [5.41, 5.74) is 4.61. The maximum absolute atomic E-state index is 12.9. The van der Waals surface area contributed by atoms with Gasteiger partial charge >= 0.3 is 0 Å². The number of fused-ring (bicyclic) bond motifs is 1. The Kier molecular flexibility index (Phi) is 5.57. The van der Waals surface area contributed by atoms with Gasteiger partial charge in [-0.05, 0) is 43.5 Å². The molecule has 0 aliphatic carbocycles. The summed E-state index contributed by atoms with van der Waals surface area (Å²) in [4.78, 5) is 41.9. The molecule has 0 unspecified atom stereocenters. The molecule has 1 N–H and O–H groups in total. The number of hydrogen-bond acceptors (Lipinski definition) is 5. The van der Waals surface area contributed by atoms with E-state index in [9.17, 15) is 9.59 Å². The van der Waals surface area contributed by atoms with Crippen LogP contribution < -0.4 is 5.56 Å². The lowest BCUT2D eigenvalue weighted by molar-refractivity contribution is 0.0790.